The van der Waals surface area contributed by atoms with E-state index in [0.29, 0.717) is 12.6 Å². The van der Waals surface area contributed by atoms with E-state index in [1.165, 1.54) is 6.42 Å². The van der Waals surface area contributed by atoms with Crippen LogP contribution >= 0.6 is 39.9 Å². The van der Waals surface area contributed by atoms with Gasteiger partial charge < -0.3 is 19.9 Å². The number of imidazole rings is 1. The van der Waals surface area contributed by atoms with Gasteiger partial charge in [0, 0.05) is 29.5 Å². The van der Waals surface area contributed by atoms with Crippen molar-refractivity contribution >= 4 is 51.5 Å². The fourth-order valence-corrected chi connectivity index (χ4v) is 3.39. The van der Waals surface area contributed by atoms with Gasteiger partial charge in [-0.1, -0.05) is 13.8 Å². The van der Waals surface area contributed by atoms with E-state index in [0.717, 1.165) is 54.4 Å². The number of halogens is 2. The van der Waals surface area contributed by atoms with E-state index >= 15 is 0 Å². The number of rotatable bonds is 10. The van der Waals surface area contributed by atoms with Crippen LogP contribution in [-0.4, -0.2) is 52.5 Å². The molecular formula is C20H34BrIN6. The zero-order chi connectivity index (χ0) is 19.6. The molecule has 0 saturated carbocycles. The first-order chi connectivity index (χ1) is 13.0. The highest BCUT2D eigenvalue weighted by Gasteiger charge is 2.07. The highest BCUT2D eigenvalue weighted by molar-refractivity contribution is 14.0. The van der Waals surface area contributed by atoms with E-state index in [-0.39, 0.29) is 24.0 Å². The lowest BCUT2D eigenvalue weighted by Gasteiger charge is -2.21. The molecule has 28 heavy (non-hydrogen) atoms. The minimum Gasteiger partial charge on any atom is -0.357 e. The van der Waals surface area contributed by atoms with Crippen LogP contribution in [0.5, 0.6) is 0 Å². The summed E-state index contributed by atoms with van der Waals surface area (Å²) in [5.41, 5.74) is 1.89. The Labute approximate surface area is 194 Å². The van der Waals surface area contributed by atoms with Crippen LogP contribution in [0, 0.1) is 0 Å². The van der Waals surface area contributed by atoms with Gasteiger partial charge in [-0.15, -0.1) is 24.0 Å². The van der Waals surface area contributed by atoms with Gasteiger partial charge in [-0.25, -0.2) is 9.98 Å². The van der Waals surface area contributed by atoms with E-state index in [4.69, 9.17) is 4.99 Å². The molecular weight excluding hydrogens is 531 g/mol. The van der Waals surface area contributed by atoms with E-state index in [1.54, 1.807) is 0 Å². The van der Waals surface area contributed by atoms with Crippen LogP contribution in [0.15, 0.2) is 34.0 Å². The Hall–Kier alpha value is -0.870. The lowest BCUT2D eigenvalue weighted by molar-refractivity contribution is 0.292. The zero-order valence-electron chi connectivity index (χ0n) is 17.4. The number of aliphatic imine (C=N–C) groups is 1. The molecule has 2 N–H and O–H groups in total. The van der Waals surface area contributed by atoms with Crippen LogP contribution in [-0.2, 0) is 6.54 Å². The summed E-state index contributed by atoms with van der Waals surface area (Å²) in [6.07, 6.45) is 6.36. The number of nitrogens with one attached hydrogen (secondary N) is 2. The van der Waals surface area contributed by atoms with Crippen molar-refractivity contribution in [1.29, 1.82) is 0 Å². The summed E-state index contributed by atoms with van der Waals surface area (Å²) in [5.74, 6) is 0.853. The molecule has 0 fully saturated rings. The summed E-state index contributed by atoms with van der Waals surface area (Å²) in [7, 11) is 0. The van der Waals surface area contributed by atoms with Crippen LogP contribution in [0.3, 0.4) is 0 Å². The summed E-state index contributed by atoms with van der Waals surface area (Å²) in [4.78, 5) is 11.8. The Morgan fingerprint density at radius 3 is 2.68 bits per heavy atom. The van der Waals surface area contributed by atoms with E-state index in [9.17, 15) is 0 Å². The molecule has 8 heteroatoms. The number of pyridine rings is 1. The minimum atomic E-state index is 0. The molecule has 6 nitrogen and oxygen atoms in total. The Balaban J connectivity index is 0.00000392. The molecule has 0 saturated heterocycles. The number of aromatic nitrogens is 2. The summed E-state index contributed by atoms with van der Waals surface area (Å²) in [6.45, 7) is 13.6. The fourth-order valence-electron chi connectivity index (χ4n) is 3.04. The van der Waals surface area contributed by atoms with Crippen molar-refractivity contribution in [3.63, 3.8) is 0 Å². The second kappa shape index (κ2) is 13.4. The molecule has 0 aliphatic rings. The number of fused-ring (bicyclic) bond motifs is 1. The summed E-state index contributed by atoms with van der Waals surface area (Å²) >= 11 is 3.49. The fraction of sp³-hybridized carbons (Fsp3) is 0.600. The van der Waals surface area contributed by atoms with Gasteiger partial charge in [-0.3, -0.25) is 0 Å². The van der Waals surface area contributed by atoms with Crippen LogP contribution in [0.4, 0.5) is 0 Å². The predicted octanol–water partition coefficient (Wildman–Crippen LogP) is 4.28. The van der Waals surface area contributed by atoms with E-state index in [2.05, 4.69) is 64.1 Å². The highest BCUT2D eigenvalue weighted by atomic mass is 127. The third-order valence-corrected chi connectivity index (χ3v) is 5.07. The smallest absolute Gasteiger partial charge is 0.191 e. The number of hydrogen-bond acceptors (Lipinski definition) is 3. The quantitative estimate of drug-likeness (QED) is 0.257. The molecule has 2 heterocycles. The zero-order valence-corrected chi connectivity index (χ0v) is 21.3. The largest absolute Gasteiger partial charge is 0.357 e. The van der Waals surface area contributed by atoms with Gasteiger partial charge in [-0.2, -0.15) is 0 Å². The van der Waals surface area contributed by atoms with E-state index in [1.807, 2.05) is 28.9 Å². The first kappa shape index (κ1) is 25.2. The molecule has 2 rings (SSSR count). The van der Waals surface area contributed by atoms with Gasteiger partial charge in [0.2, 0.25) is 0 Å². The van der Waals surface area contributed by atoms with Gasteiger partial charge in [0.05, 0.1) is 12.2 Å². The van der Waals surface area contributed by atoms with Crippen LogP contribution in [0.25, 0.3) is 5.65 Å². The Bertz CT molecular complexity index is 729. The predicted molar refractivity (Wildman–Crippen MR) is 133 cm³/mol. The average molecular weight is 565 g/mol. The summed E-state index contributed by atoms with van der Waals surface area (Å²) in [5, 5.41) is 6.85. The first-order valence-corrected chi connectivity index (χ1v) is 10.7. The topological polar surface area (TPSA) is 57.0 Å². The van der Waals surface area contributed by atoms with Crippen molar-refractivity contribution in [2.75, 3.05) is 26.2 Å². The van der Waals surface area contributed by atoms with Crippen molar-refractivity contribution in [3.05, 3.63) is 34.7 Å². The lowest BCUT2D eigenvalue weighted by atomic mass is 10.2. The van der Waals surface area contributed by atoms with Gasteiger partial charge in [0.1, 0.15) is 5.65 Å². The monoisotopic (exact) mass is 564 g/mol. The summed E-state index contributed by atoms with van der Waals surface area (Å²) in [6, 6.07) is 4.38. The standard InChI is InChI=1S/C20H33BrN6.HI/c1-5-22-20(24-16(4)9-8-12-26(6-2)7-3)23-13-18-15-27-14-17(21)10-11-19(27)25-18;/h10-11,14-16H,5-9,12-13H2,1-4H3,(H2,22,23,24);1H. The second-order valence-corrected chi connectivity index (χ2v) is 7.67. The summed E-state index contributed by atoms with van der Waals surface area (Å²) < 4.78 is 3.06. The normalized spacial score (nSPS) is 12.9. The van der Waals surface area contributed by atoms with Gasteiger partial charge in [0.15, 0.2) is 5.96 Å². The number of guanidine groups is 1. The molecule has 0 aromatic carbocycles. The SMILES string of the molecule is CCNC(=NCc1cn2cc(Br)ccc2n1)NC(C)CCCN(CC)CC.I. The molecule has 0 bridgehead atoms. The lowest BCUT2D eigenvalue weighted by Crippen LogP contribution is -2.42. The first-order valence-electron chi connectivity index (χ1n) is 9.96. The van der Waals surface area contributed by atoms with Crippen molar-refractivity contribution in [3.8, 4) is 0 Å². The molecule has 1 unspecified atom stereocenters. The minimum absolute atomic E-state index is 0. The van der Waals surface area contributed by atoms with Gasteiger partial charge >= 0.3 is 0 Å². The second-order valence-electron chi connectivity index (χ2n) is 6.75. The Morgan fingerprint density at radius 1 is 1.25 bits per heavy atom. The Kier molecular flexibility index (Phi) is 12.0. The molecule has 2 aromatic rings. The molecule has 0 spiro atoms. The molecule has 158 valence electrons. The number of hydrogen-bond donors (Lipinski definition) is 2. The maximum Gasteiger partial charge on any atom is 0.191 e. The van der Waals surface area contributed by atoms with Crippen LogP contribution in [0.1, 0.15) is 46.2 Å². The van der Waals surface area contributed by atoms with Gasteiger partial charge in [-0.05, 0) is 74.4 Å². The van der Waals surface area contributed by atoms with Crippen LogP contribution < -0.4 is 10.6 Å². The van der Waals surface area contributed by atoms with Crippen molar-refractivity contribution in [2.45, 2.75) is 53.1 Å². The van der Waals surface area contributed by atoms with Crippen molar-refractivity contribution in [2.24, 2.45) is 4.99 Å². The molecule has 0 radical (unpaired) electrons. The molecule has 0 amide bonds. The molecule has 0 aliphatic carbocycles. The number of nitrogens with zero attached hydrogens (tertiary/aromatic N) is 4. The maximum atomic E-state index is 4.71. The van der Waals surface area contributed by atoms with Crippen molar-refractivity contribution in [1.82, 2.24) is 24.9 Å². The Morgan fingerprint density at radius 2 is 2.00 bits per heavy atom. The maximum absolute atomic E-state index is 4.71. The third-order valence-electron chi connectivity index (χ3n) is 4.60. The molecule has 2 aromatic heterocycles. The highest BCUT2D eigenvalue weighted by Crippen LogP contribution is 2.13. The van der Waals surface area contributed by atoms with Gasteiger partial charge in [0.25, 0.3) is 0 Å². The third kappa shape index (κ3) is 8.24. The molecule has 1 atom stereocenters. The van der Waals surface area contributed by atoms with Crippen LogP contribution in [0.2, 0.25) is 0 Å². The van der Waals surface area contributed by atoms with Crippen molar-refractivity contribution < 1.29 is 0 Å². The van der Waals surface area contributed by atoms with E-state index < -0.39 is 0 Å². The molecule has 0 aliphatic heterocycles. The average Bonchev–Trinajstić information content (AvgIpc) is 3.05.